The fourth-order valence-electron chi connectivity index (χ4n) is 2.75. The summed E-state index contributed by atoms with van der Waals surface area (Å²) in [7, 11) is 0. The van der Waals surface area contributed by atoms with Gasteiger partial charge in [0.05, 0.1) is 11.4 Å². The summed E-state index contributed by atoms with van der Waals surface area (Å²) in [5.41, 5.74) is 1.09. The molecule has 3 rings (SSSR count). The van der Waals surface area contributed by atoms with Crippen LogP contribution in [0.1, 0.15) is 26.7 Å². The molecule has 1 amide bonds. The lowest BCUT2D eigenvalue weighted by molar-refractivity contribution is -0.118. The van der Waals surface area contributed by atoms with Gasteiger partial charge in [-0.15, -0.1) is 0 Å². The number of anilines is 2. The Bertz CT molecular complexity index is 494. The maximum atomic E-state index is 13.4. The van der Waals surface area contributed by atoms with Gasteiger partial charge in [-0.3, -0.25) is 4.79 Å². The minimum absolute atomic E-state index is 0.0466. The van der Waals surface area contributed by atoms with Crippen molar-refractivity contribution in [3.05, 3.63) is 24.0 Å². The number of benzene rings is 1. The van der Waals surface area contributed by atoms with E-state index < -0.39 is 5.54 Å². The summed E-state index contributed by atoms with van der Waals surface area (Å²) in [6, 6.07) is 4.70. The number of nitrogens with one attached hydrogen (secondary N) is 1. The van der Waals surface area contributed by atoms with Crippen molar-refractivity contribution >= 4 is 17.3 Å². The topological polar surface area (TPSA) is 32.3 Å². The summed E-state index contributed by atoms with van der Waals surface area (Å²) in [4.78, 5) is 14.2. The van der Waals surface area contributed by atoms with Gasteiger partial charge in [-0.05, 0) is 44.9 Å². The SMILES string of the molecule is CC(C)N1c2cc(F)ccc2NC(=O)C12CC2. The summed E-state index contributed by atoms with van der Waals surface area (Å²) in [5.74, 6) is -0.216. The lowest BCUT2D eigenvalue weighted by Crippen LogP contribution is -2.53. The Balaban J connectivity index is 2.16. The van der Waals surface area contributed by atoms with Crippen molar-refractivity contribution in [1.29, 1.82) is 0 Å². The second-order valence-corrected chi connectivity index (χ2v) is 5.11. The Kier molecular flexibility index (Phi) is 2.00. The molecular weight excluding hydrogens is 219 g/mol. The van der Waals surface area contributed by atoms with Crippen LogP contribution in [0, 0.1) is 5.82 Å². The van der Waals surface area contributed by atoms with Crippen LogP contribution >= 0.6 is 0 Å². The third-order valence-corrected chi connectivity index (χ3v) is 3.59. The van der Waals surface area contributed by atoms with Crippen molar-refractivity contribution in [3.63, 3.8) is 0 Å². The Morgan fingerprint density at radius 1 is 1.41 bits per heavy atom. The van der Waals surface area contributed by atoms with Gasteiger partial charge in [-0.25, -0.2) is 4.39 Å². The normalized spacial score (nSPS) is 20.5. The Morgan fingerprint density at radius 2 is 2.12 bits per heavy atom. The van der Waals surface area contributed by atoms with Gasteiger partial charge < -0.3 is 10.2 Å². The standard InChI is InChI=1S/C13H15FN2O/c1-8(2)16-11-7-9(14)3-4-10(11)15-12(17)13(16)5-6-13/h3-4,7-8H,5-6H2,1-2H3,(H,15,17). The quantitative estimate of drug-likeness (QED) is 0.809. The van der Waals surface area contributed by atoms with Crippen LogP contribution in [0.15, 0.2) is 18.2 Å². The number of carbonyl (C=O) groups excluding carboxylic acids is 1. The molecule has 0 atom stereocenters. The van der Waals surface area contributed by atoms with Crippen molar-refractivity contribution in [1.82, 2.24) is 0 Å². The molecule has 0 saturated heterocycles. The molecule has 17 heavy (non-hydrogen) atoms. The highest BCUT2D eigenvalue weighted by Crippen LogP contribution is 2.51. The van der Waals surface area contributed by atoms with E-state index in [0.29, 0.717) is 5.69 Å². The van der Waals surface area contributed by atoms with E-state index in [9.17, 15) is 9.18 Å². The van der Waals surface area contributed by atoms with Crippen LogP contribution < -0.4 is 10.2 Å². The van der Waals surface area contributed by atoms with E-state index in [-0.39, 0.29) is 17.8 Å². The van der Waals surface area contributed by atoms with Gasteiger partial charge in [0.2, 0.25) is 5.91 Å². The second kappa shape index (κ2) is 3.22. The van der Waals surface area contributed by atoms with E-state index in [1.807, 2.05) is 13.8 Å². The molecular formula is C13H15FN2O. The zero-order valence-electron chi connectivity index (χ0n) is 9.96. The Morgan fingerprint density at radius 3 is 2.71 bits per heavy atom. The van der Waals surface area contributed by atoms with Gasteiger partial charge in [-0.2, -0.15) is 0 Å². The highest BCUT2D eigenvalue weighted by atomic mass is 19.1. The predicted molar refractivity (Wildman–Crippen MR) is 64.6 cm³/mol. The van der Waals surface area contributed by atoms with Crippen molar-refractivity contribution in [3.8, 4) is 0 Å². The van der Waals surface area contributed by atoms with Crippen molar-refractivity contribution in [2.24, 2.45) is 0 Å². The van der Waals surface area contributed by atoms with E-state index in [1.165, 1.54) is 12.1 Å². The molecule has 1 aromatic carbocycles. The van der Waals surface area contributed by atoms with Gasteiger partial charge in [0.25, 0.3) is 0 Å². The van der Waals surface area contributed by atoms with Gasteiger partial charge in [-0.1, -0.05) is 0 Å². The van der Waals surface area contributed by atoms with Gasteiger partial charge in [0, 0.05) is 6.04 Å². The van der Waals surface area contributed by atoms with Gasteiger partial charge >= 0.3 is 0 Å². The molecule has 1 saturated carbocycles. The fraction of sp³-hybridized carbons (Fsp3) is 0.462. The molecule has 2 aliphatic rings. The van der Waals surface area contributed by atoms with E-state index in [2.05, 4.69) is 10.2 Å². The Labute approximate surface area is 99.6 Å². The molecule has 0 aromatic heterocycles. The monoisotopic (exact) mass is 234 g/mol. The summed E-state index contributed by atoms with van der Waals surface area (Å²) in [6.45, 7) is 4.07. The first-order valence-corrected chi connectivity index (χ1v) is 5.95. The number of rotatable bonds is 1. The van der Waals surface area contributed by atoms with Crippen LogP contribution in [-0.2, 0) is 4.79 Å². The summed E-state index contributed by atoms with van der Waals surface area (Å²) in [6.07, 6.45) is 1.71. The summed E-state index contributed by atoms with van der Waals surface area (Å²) >= 11 is 0. The largest absolute Gasteiger partial charge is 0.353 e. The summed E-state index contributed by atoms with van der Waals surface area (Å²) in [5, 5.41) is 2.88. The number of carbonyl (C=O) groups is 1. The summed E-state index contributed by atoms with van der Waals surface area (Å²) < 4.78 is 13.4. The van der Waals surface area contributed by atoms with E-state index in [1.54, 1.807) is 6.07 Å². The van der Waals surface area contributed by atoms with E-state index in [4.69, 9.17) is 0 Å². The molecule has 1 aromatic rings. The number of halogens is 1. The molecule has 3 nitrogen and oxygen atoms in total. The number of nitrogens with zero attached hydrogens (tertiary/aromatic N) is 1. The zero-order chi connectivity index (χ0) is 12.2. The minimum Gasteiger partial charge on any atom is -0.353 e. The third-order valence-electron chi connectivity index (χ3n) is 3.59. The average molecular weight is 234 g/mol. The molecule has 1 spiro atoms. The number of amides is 1. The van der Waals surface area contributed by atoms with E-state index in [0.717, 1.165) is 18.5 Å². The van der Waals surface area contributed by atoms with Gasteiger partial charge in [0.1, 0.15) is 11.4 Å². The Hall–Kier alpha value is -1.58. The van der Waals surface area contributed by atoms with E-state index >= 15 is 0 Å². The molecule has 0 unspecified atom stereocenters. The van der Waals surface area contributed by atoms with Crippen molar-refractivity contribution < 1.29 is 9.18 Å². The van der Waals surface area contributed by atoms with Crippen LogP contribution in [0.4, 0.5) is 15.8 Å². The maximum Gasteiger partial charge on any atom is 0.250 e. The number of hydrogen-bond acceptors (Lipinski definition) is 2. The molecule has 1 heterocycles. The predicted octanol–water partition coefficient (Wildman–Crippen LogP) is 2.53. The van der Waals surface area contributed by atoms with Crippen molar-refractivity contribution in [2.45, 2.75) is 38.3 Å². The molecule has 1 N–H and O–H groups in total. The van der Waals surface area contributed by atoms with Crippen LogP contribution in [0.2, 0.25) is 0 Å². The molecule has 0 bridgehead atoms. The molecule has 1 fully saturated rings. The van der Waals surface area contributed by atoms with Crippen LogP contribution in [0.5, 0.6) is 0 Å². The highest BCUT2D eigenvalue weighted by molar-refractivity contribution is 6.08. The lowest BCUT2D eigenvalue weighted by Gasteiger charge is -2.41. The highest BCUT2D eigenvalue weighted by Gasteiger charge is 2.58. The third kappa shape index (κ3) is 1.36. The molecule has 1 aliphatic carbocycles. The first-order valence-electron chi connectivity index (χ1n) is 5.95. The first kappa shape index (κ1) is 10.6. The van der Waals surface area contributed by atoms with Crippen LogP contribution in [0.3, 0.4) is 0 Å². The maximum absolute atomic E-state index is 13.4. The van der Waals surface area contributed by atoms with Crippen molar-refractivity contribution in [2.75, 3.05) is 10.2 Å². The first-order chi connectivity index (χ1) is 8.04. The lowest BCUT2D eigenvalue weighted by atomic mass is 10.0. The fourth-order valence-corrected chi connectivity index (χ4v) is 2.75. The average Bonchev–Trinajstić information content (AvgIpc) is 3.02. The smallest absolute Gasteiger partial charge is 0.250 e. The number of fused-ring (bicyclic) bond motifs is 1. The zero-order valence-corrected chi connectivity index (χ0v) is 9.96. The minimum atomic E-state index is -0.422. The molecule has 4 heteroatoms. The number of hydrogen-bond donors (Lipinski definition) is 1. The molecule has 0 radical (unpaired) electrons. The molecule has 1 aliphatic heterocycles. The molecule has 90 valence electrons. The van der Waals surface area contributed by atoms with Crippen LogP contribution in [-0.4, -0.2) is 17.5 Å². The second-order valence-electron chi connectivity index (χ2n) is 5.11. The van der Waals surface area contributed by atoms with Gasteiger partial charge in [0.15, 0.2) is 0 Å². The van der Waals surface area contributed by atoms with Crippen LogP contribution in [0.25, 0.3) is 0 Å².